The Morgan fingerprint density at radius 3 is 2.29 bits per heavy atom. The van der Waals surface area contributed by atoms with Crippen molar-refractivity contribution in [3.05, 3.63) is 54.4 Å². The highest BCUT2D eigenvalue weighted by molar-refractivity contribution is 8.45. The smallest absolute Gasteiger partial charge is 0.310 e. The molecule has 2 heterocycles. The topological polar surface area (TPSA) is 110 Å². The van der Waals surface area contributed by atoms with Gasteiger partial charge in [-0.25, -0.2) is 8.78 Å². The van der Waals surface area contributed by atoms with Crippen LogP contribution in [0.25, 0.3) is 0 Å². The van der Waals surface area contributed by atoms with Gasteiger partial charge in [0.15, 0.2) is 6.19 Å². The first kappa shape index (κ1) is 31.4. The van der Waals surface area contributed by atoms with Crippen LogP contribution in [0.5, 0.6) is 0 Å². The van der Waals surface area contributed by atoms with Crippen molar-refractivity contribution >= 4 is 27.7 Å². The molecular formula is C26H28F7N5O3S. The van der Waals surface area contributed by atoms with Crippen molar-refractivity contribution in [1.29, 1.82) is 5.26 Å². The van der Waals surface area contributed by atoms with Crippen LogP contribution in [0.2, 0.25) is 0 Å². The first-order valence-corrected chi connectivity index (χ1v) is 14.8. The zero-order valence-corrected chi connectivity index (χ0v) is 23.0. The fourth-order valence-corrected chi connectivity index (χ4v) is 5.89. The van der Waals surface area contributed by atoms with E-state index in [4.69, 9.17) is 0 Å². The van der Waals surface area contributed by atoms with E-state index in [-0.39, 0.29) is 43.5 Å². The molecule has 16 heteroatoms. The van der Waals surface area contributed by atoms with Crippen LogP contribution in [-0.2, 0) is 9.59 Å². The van der Waals surface area contributed by atoms with Crippen LogP contribution >= 0.6 is 10.2 Å². The maximum Gasteiger partial charge on any atom is 0.310 e. The van der Waals surface area contributed by atoms with Crippen LogP contribution in [0, 0.1) is 11.5 Å². The fraction of sp³-hybridized carbons (Fsp3) is 0.462. The van der Waals surface area contributed by atoms with Gasteiger partial charge in [0.05, 0.1) is 12.1 Å². The molecule has 1 aliphatic carbocycles. The monoisotopic (exact) mass is 623 g/mol. The summed E-state index contributed by atoms with van der Waals surface area (Å²) >= 11 is 0. The van der Waals surface area contributed by atoms with Crippen LogP contribution in [0.15, 0.2) is 53.7 Å². The van der Waals surface area contributed by atoms with E-state index in [1.54, 1.807) is 6.19 Å². The van der Waals surface area contributed by atoms with Gasteiger partial charge in [0, 0.05) is 48.9 Å². The van der Waals surface area contributed by atoms with Gasteiger partial charge in [-0.15, -0.1) is 0 Å². The number of alkyl halides is 2. The predicted octanol–water partition coefficient (Wildman–Crippen LogP) is 5.81. The molecule has 2 aromatic rings. The van der Waals surface area contributed by atoms with Crippen molar-refractivity contribution in [3.8, 4) is 6.19 Å². The molecule has 1 aliphatic heterocycles. The van der Waals surface area contributed by atoms with E-state index < -0.39 is 75.1 Å². The zero-order chi connectivity index (χ0) is 31.2. The van der Waals surface area contributed by atoms with Crippen molar-refractivity contribution in [2.24, 2.45) is 0 Å². The lowest BCUT2D eigenvalue weighted by molar-refractivity contribution is -0.129. The van der Waals surface area contributed by atoms with Gasteiger partial charge >= 0.3 is 10.2 Å². The second-order valence-electron chi connectivity index (χ2n) is 10.9. The number of aliphatic hydroxyl groups is 1. The number of pyridine rings is 1. The van der Waals surface area contributed by atoms with Crippen LogP contribution in [-0.4, -0.2) is 57.0 Å². The highest BCUT2D eigenvalue weighted by atomic mass is 32.5. The van der Waals surface area contributed by atoms with E-state index in [0.717, 1.165) is 9.80 Å². The van der Waals surface area contributed by atoms with Crippen molar-refractivity contribution in [2.75, 3.05) is 11.4 Å². The van der Waals surface area contributed by atoms with Gasteiger partial charge in [-0.2, -0.15) is 5.26 Å². The van der Waals surface area contributed by atoms with E-state index in [1.165, 1.54) is 31.5 Å². The SMILES string of the molecule is CC1(O)CC(C(=O)N(c2ccc(S(F)(F)(F)(F)F)cc2)C(C(=O)NC2CCC(F)(F)CC2)c2cccnc2)N(C#N)C1. The minimum Gasteiger partial charge on any atom is -0.388 e. The van der Waals surface area contributed by atoms with Gasteiger partial charge in [0.1, 0.15) is 17.0 Å². The summed E-state index contributed by atoms with van der Waals surface area (Å²) in [7, 11) is -10.1. The number of carbonyl (C=O) groups is 2. The summed E-state index contributed by atoms with van der Waals surface area (Å²) < 4.78 is 94.7. The Morgan fingerprint density at radius 1 is 1.14 bits per heavy atom. The Labute approximate surface area is 236 Å². The Morgan fingerprint density at radius 2 is 1.76 bits per heavy atom. The molecule has 1 aromatic heterocycles. The summed E-state index contributed by atoms with van der Waals surface area (Å²) in [5, 5.41) is 22.8. The summed E-state index contributed by atoms with van der Waals surface area (Å²) in [6, 6.07) is 0.440. The largest absolute Gasteiger partial charge is 0.388 e. The molecule has 2 fully saturated rings. The van der Waals surface area contributed by atoms with Gasteiger partial charge < -0.3 is 10.4 Å². The molecule has 1 saturated carbocycles. The number of likely N-dealkylation sites (tertiary alicyclic amines) is 1. The second-order valence-corrected chi connectivity index (χ2v) is 13.4. The van der Waals surface area contributed by atoms with E-state index in [9.17, 15) is 48.2 Å². The highest BCUT2D eigenvalue weighted by Gasteiger charge is 2.65. The summed E-state index contributed by atoms with van der Waals surface area (Å²) in [5.41, 5.74) is -1.85. The van der Waals surface area contributed by atoms with Crippen LogP contribution in [0.4, 0.5) is 33.9 Å². The number of anilines is 1. The number of hydrogen-bond donors (Lipinski definition) is 2. The molecule has 8 nitrogen and oxygen atoms in total. The van der Waals surface area contributed by atoms with Crippen molar-refractivity contribution in [1.82, 2.24) is 15.2 Å². The number of rotatable bonds is 7. The second kappa shape index (κ2) is 10.0. The minimum atomic E-state index is -10.1. The predicted molar refractivity (Wildman–Crippen MR) is 139 cm³/mol. The summed E-state index contributed by atoms with van der Waals surface area (Å²) in [4.78, 5) is 31.3. The number of nitrogens with zero attached hydrogens (tertiary/aromatic N) is 4. The average Bonchev–Trinajstić information content (AvgIpc) is 3.22. The van der Waals surface area contributed by atoms with Crippen molar-refractivity contribution in [3.63, 3.8) is 0 Å². The maximum atomic E-state index is 14.1. The number of β-amino-alcohol motifs (C(OH)–C–C–N with tert-alkyl or cyclic N) is 1. The van der Waals surface area contributed by atoms with E-state index in [0.29, 0.717) is 12.1 Å². The van der Waals surface area contributed by atoms with Gasteiger partial charge in [-0.05, 0) is 50.1 Å². The normalized spacial score (nSPS) is 25.0. The number of halogens is 7. The Bertz CT molecular complexity index is 1380. The molecule has 2 N–H and O–H groups in total. The number of carbonyl (C=O) groups excluding carboxylic acids is 2. The lowest BCUT2D eigenvalue weighted by Crippen LogP contribution is -2.52. The molecular weight excluding hydrogens is 595 g/mol. The molecule has 0 spiro atoms. The summed E-state index contributed by atoms with van der Waals surface area (Å²) in [5.74, 6) is -4.79. The van der Waals surface area contributed by atoms with Crippen LogP contribution in [0.1, 0.15) is 50.6 Å². The zero-order valence-electron chi connectivity index (χ0n) is 22.2. The van der Waals surface area contributed by atoms with E-state index in [1.807, 2.05) is 0 Å². The molecule has 2 amide bonds. The third kappa shape index (κ3) is 7.06. The number of benzene rings is 1. The van der Waals surface area contributed by atoms with Gasteiger partial charge in [0.2, 0.25) is 11.8 Å². The third-order valence-corrected chi connectivity index (χ3v) is 8.46. The van der Waals surface area contributed by atoms with Gasteiger partial charge in [0.25, 0.3) is 5.91 Å². The van der Waals surface area contributed by atoms with Crippen LogP contribution < -0.4 is 10.2 Å². The highest BCUT2D eigenvalue weighted by Crippen LogP contribution is 3.02. The molecule has 1 aromatic carbocycles. The molecule has 230 valence electrons. The minimum absolute atomic E-state index is 0.0644. The van der Waals surface area contributed by atoms with Gasteiger partial charge in [-0.1, -0.05) is 25.5 Å². The molecule has 2 aliphatic rings. The number of hydrogen-bond acceptors (Lipinski definition) is 6. The quantitative estimate of drug-likeness (QED) is 0.298. The Balaban J connectivity index is 1.81. The lowest BCUT2D eigenvalue weighted by Gasteiger charge is -2.41. The number of aromatic nitrogens is 1. The number of amides is 2. The number of nitrogens with one attached hydrogen (secondary N) is 1. The molecule has 3 unspecified atom stereocenters. The average molecular weight is 624 g/mol. The molecule has 0 radical (unpaired) electrons. The number of nitriles is 1. The molecule has 0 bridgehead atoms. The van der Waals surface area contributed by atoms with Crippen LogP contribution in [0.3, 0.4) is 0 Å². The van der Waals surface area contributed by atoms with Crippen molar-refractivity contribution in [2.45, 2.75) is 73.6 Å². The Hall–Kier alpha value is -3.58. The molecule has 3 atom stereocenters. The third-order valence-electron chi connectivity index (χ3n) is 7.30. The Kier molecular flexibility index (Phi) is 7.47. The summed E-state index contributed by atoms with van der Waals surface area (Å²) in [6.45, 7) is 1.10. The van der Waals surface area contributed by atoms with E-state index in [2.05, 4.69) is 10.3 Å². The standard InChI is InChI=1S/C26H28F7N5O3S/c1-25(41)13-21(37(15-25)16-34)24(40)38(19-4-6-20(7-5-19)42(29,30,31,32)33)22(17-3-2-12-35-14-17)23(39)36-18-8-10-26(27,28)11-9-18/h2-7,12,14,18,21-22,41H,8-11,13,15H2,1H3,(H,36,39). The molecule has 1 saturated heterocycles. The molecule has 4 rings (SSSR count). The molecule has 42 heavy (non-hydrogen) atoms. The van der Waals surface area contributed by atoms with E-state index >= 15 is 0 Å². The maximum absolute atomic E-state index is 14.1. The lowest BCUT2D eigenvalue weighted by atomic mass is 9.91. The summed E-state index contributed by atoms with van der Waals surface area (Å²) in [6.07, 6.45) is 2.87. The fourth-order valence-electron chi connectivity index (χ4n) is 5.24. The first-order chi connectivity index (χ1) is 19.2. The van der Waals surface area contributed by atoms with Crippen molar-refractivity contribution < 1.29 is 42.9 Å². The first-order valence-electron chi connectivity index (χ1n) is 12.8. The van der Waals surface area contributed by atoms with Gasteiger partial charge in [-0.3, -0.25) is 24.4 Å².